The van der Waals surface area contributed by atoms with Crippen LogP contribution in [0.15, 0.2) is 34.7 Å². The van der Waals surface area contributed by atoms with Crippen LogP contribution in [0.2, 0.25) is 0 Å². The van der Waals surface area contributed by atoms with Crippen LogP contribution >= 0.6 is 0 Å². The predicted molar refractivity (Wildman–Crippen MR) is 98.4 cm³/mol. The van der Waals surface area contributed by atoms with E-state index >= 15 is 0 Å². The fraction of sp³-hybridized carbons (Fsp3) is 0.526. The summed E-state index contributed by atoms with van der Waals surface area (Å²) in [7, 11) is -3.53. The lowest BCUT2D eigenvalue weighted by Crippen LogP contribution is -2.48. The van der Waals surface area contributed by atoms with E-state index in [-0.39, 0.29) is 11.5 Å². The third-order valence-corrected chi connectivity index (χ3v) is 7.47. The van der Waals surface area contributed by atoms with E-state index in [1.165, 1.54) is 5.57 Å². The maximum absolute atomic E-state index is 13.1. The van der Waals surface area contributed by atoms with Crippen LogP contribution in [-0.4, -0.2) is 43.9 Å². The van der Waals surface area contributed by atoms with Gasteiger partial charge >= 0.3 is 0 Å². The first-order chi connectivity index (χ1) is 12.4. The zero-order valence-electron chi connectivity index (χ0n) is 15.0. The Bertz CT molecular complexity index is 868. The van der Waals surface area contributed by atoms with Crippen molar-refractivity contribution in [3.8, 4) is 0 Å². The van der Waals surface area contributed by atoms with Gasteiger partial charge in [0.2, 0.25) is 15.9 Å². The maximum Gasteiger partial charge on any atom is 0.243 e. The monoisotopic (exact) mass is 376 g/mol. The van der Waals surface area contributed by atoms with Gasteiger partial charge in [-0.3, -0.25) is 4.79 Å². The molecule has 0 aliphatic carbocycles. The van der Waals surface area contributed by atoms with Crippen LogP contribution in [0.25, 0.3) is 0 Å². The van der Waals surface area contributed by atoms with Crippen molar-refractivity contribution in [2.75, 3.05) is 25.0 Å². The van der Waals surface area contributed by atoms with Crippen LogP contribution in [0.4, 0.5) is 5.69 Å². The Balaban J connectivity index is 1.53. The summed E-state index contributed by atoms with van der Waals surface area (Å²) in [6, 6.07) is 4.99. The Morgan fingerprint density at radius 3 is 2.65 bits per heavy atom. The van der Waals surface area contributed by atoms with E-state index in [0.717, 1.165) is 12.0 Å². The molecule has 0 saturated carbocycles. The molecule has 140 valence electrons. The summed E-state index contributed by atoms with van der Waals surface area (Å²) in [5, 5.41) is 2.79. The highest BCUT2D eigenvalue weighted by Crippen LogP contribution is 2.35. The lowest BCUT2D eigenvalue weighted by molar-refractivity contribution is -0.116. The molecule has 3 aliphatic heterocycles. The quantitative estimate of drug-likeness (QED) is 0.805. The molecule has 1 aromatic rings. The number of nitrogens with zero attached hydrogens (tertiary/aromatic N) is 1. The molecule has 0 atom stereocenters. The summed E-state index contributed by atoms with van der Waals surface area (Å²) in [4.78, 5) is 11.8. The molecule has 0 unspecified atom stereocenters. The van der Waals surface area contributed by atoms with Gasteiger partial charge in [-0.05, 0) is 56.4 Å². The summed E-state index contributed by atoms with van der Waals surface area (Å²) in [5.41, 5.74) is 2.63. The van der Waals surface area contributed by atoms with E-state index in [9.17, 15) is 13.2 Å². The Hall–Kier alpha value is -1.70. The molecule has 0 aromatic heterocycles. The van der Waals surface area contributed by atoms with Crippen molar-refractivity contribution in [1.29, 1.82) is 0 Å². The van der Waals surface area contributed by atoms with Crippen molar-refractivity contribution >= 4 is 21.6 Å². The number of ether oxygens (including phenoxy) is 1. The highest BCUT2D eigenvalue weighted by Gasteiger charge is 2.39. The molecule has 1 fully saturated rings. The van der Waals surface area contributed by atoms with Crippen molar-refractivity contribution in [2.45, 2.75) is 49.5 Å². The first-order valence-electron chi connectivity index (χ1n) is 9.13. The van der Waals surface area contributed by atoms with E-state index in [4.69, 9.17) is 4.74 Å². The molecule has 1 saturated heterocycles. The topological polar surface area (TPSA) is 75.7 Å². The van der Waals surface area contributed by atoms with Crippen LogP contribution < -0.4 is 5.32 Å². The van der Waals surface area contributed by atoms with Crippen LogP contribution in [-0.2, 0) is 26.0 Å². The highest BCUT2D eigenvalue weighted by atomic mass is 32.2. The van der Waals surface area contributed by atoms with Crippen molar-refractivity contribution in [3.63, 3.8) is 0 Å². The van der Waals surface area contributed by atoms with Gasteiger partial charge in [0.25, 0.3) is 0 Å². The number of sulfonamides is 1. The van der Waals surface area contributed by atoms with E-state index in [2.05, 4.69) is 18.3 Å². The molecular weight excluding hydrogens is 352 g/mol. The van der Waals surface area contributed by atoms with Crippen molar-refractivity contribution in [2.24, 2.45) is 0 Å². The third kappa shape index (κ3) is 3.19. The normalized spacial score (nSPS) is 23.3. The molecule has 1 aromatic carbocycles. The minimum atomic E-state index is -3.53. The van der Waals surface area contributed by atoms with E-state index < -0.39 is 10.0 Å². The fourth-order valence-corrected chi connectivity index (χ4v) is 5.53. The number of fused-ring (bicyclic) bond motifs is 1. The highest BCUT2D eigenvalue weighted by molar-refractivity contribution is 7.89. The summed E-state index contributed by atoms with van der Waals surface area (Å²) in [6.45, 7) is 3.74. The average molecular weight is 376 g/mol. The Morgan fingerprint density at radius 1 is 1.15 bits per heavy atom. The van der Waals surface area contributed by atoms with Gasteiger partial charge in [-0.1, -0.05) is 11.6 Å². The zero-order valence-corrected chi connectivity index (χ0v) is 15.8. The molecule has 1 amide bonds. The predicted octanol–water partition coefficient (Wildman–Crippen LogP) is 2.46. The van der Waals surface area contributed by atoms with Crippen molar-refractivity contribution in [3.05, 3.63) is 35.4 Å². The number of amides is 1. The molecule has 1 N–H and O–H groups in total. The molecular formula is C19H24N2O4S. The summed E-state index contributed by atoms with van der Waals surface area (Å²) >= 11 is 0. The first kappa shape index (κ1) is 17.7. The molecule has 3 heterocycles. The molecule has 0 bridgehead atoms. The largest absolute Gasteiger partial charge is 0.370 e. The number of rotatable bonds is 2. The smallest absolute Gasteiger partial charge is 0.243 e. The second kappa shape index (κ2) is 6.48. The van der Waals surface area contributed by atoms with Gasteiger partial charge in [0.1, 0.15) is 0 Å². The van der Waals surface area contributed by atoms with Gasteiger partial charge in [0, 0.05) is 25.2 Å². The van der Waals surface area contributed by atoms with Crippen molar-refractivity contribution in [1.82, 2.24) is 4.31 Å². The maximum atomic E-state index is 13.1. The number of piperidine rings is 1. The van der Waals surface area contributed by atoms with Gasteiger partial charge in [0.05, 0.1) is 17.1 Å². The van der Waals surface area contributed by atoms with E-state index in [0.29, 0.717) is 56.0 Å². The lowest BCUT2D eigenvalue weighted by Gasteiger charge is -2.41. The summed E-state index contributed by atoms with van der Waals surface area (Å²) < 4.78 is 33.7. The Kier molecular flexibility index (Phi) is 4.41. The van der Waals surface area contributed by atoms with Crippen LogP contribution in [0.3, 0.4) is 0 Å². The second-order valence-electron chi connectivity index (χ2n) is 7.43. The van der Waals surface area contributed by atoms with Crippen LogP contribution in [0.5, 0.6) is 0 Å². The Labute approximate surface area is 154 Å². The molecule has 3 aliphatic rings. The molecule has 6 nitrogen and oxygen atoms in total. The number of nitrogens with one attached hydrogen (secondary N) is 1. The standard InChI is InChI=1S/C19H24N2O4S/c1-14-6-11-25-19(13-14)7-9-21(10-8-19)26(23,24)16-3-4-17-15(12-16)2-5-18(22)20-17/h3-4,12-13H,2,5-11H2,1H3,(H,20,22). The van der Waals surface area contributed by atoms with Crippen LogP contribution in [0, 0.1) is 0 Å². The number of carbonyl (C=O) groups is 1. The first-order valence-corrected chi connectivity index (χ1v) is 10.6. The van der Waals surface area contributed by atoms with Gasteiger partial charge in [-0.25, -0.2) is 8.42 Å². The van der Waals surface area contributed by atoms with E-state index in [1.807, 2.05) is 0 Å². The number of aryl methyl sites for hydroxylation is 1. The van der Waals surface area contributed by atoms with Gasteiger partial charge in [0.15, 0.2) is 0 Å². The summed E-state index contributed by atoms with van der Waals surface area (Å²) in [6.07, 6.45) is 5.48. The number of benzene rings is 1. The molecule has 1 spiro atoms. The molecule has 26 heavy (non-hydrogen) atoms. The minimum Gasteiger partial charge on any atom is -0.370 e. The second-order valence-corrected chi connectivity index (χ2v) is 9.36. The summed E-state index contributed by atoms with van der Waals surface area (Å²) in [5.74, 6) is -0.0229. The molecule has 7 heteroatoms. The fourth-order valence-electron chi connectivity index (χ4n) is 4.04. The SMILES string of the molecule is CC1=CC2(CCN(S(=O)(=O)c3ccc4c(c3)CCC(=O)N4)CC2)OCC1. The van der Waals surface area contributed by atoms with Gasteiger partial charge < -0.3 is 10.1 Å². The molecule has 0 radical (unpaired) electrons. The van der Waals surface area contributed by atoms with Crippen molar-refractivity contribution < 1.29 is 17.9 Å². The lowest BCUT2D eigenvalue weighted by atomic mass is 9.88. The van der Waals surface area contributed by atoms with E-state index in [1.54, 1.807) is 22.5 Å². The van der Waals surface area contributed by atoms with Gasteiger partial charge in [-0.2, -0.15) is 4.31 Å². The molecule has 4 rings (SSSR count). The Morgan fingerprint density at radius 2 is 1.92 bits per heavy atom. The van der Waals surface area contributed by atoms with Gasteiger partial charge in [-0.15, -0.1) is 0 Å². The number of hydrogen-bond acceptors (Lipinski definition) is 4. The number of anilines is 1. The van der Waals surface area contributed by atoms with Crippen LogP contribution in [0.1, 0.15) is 38.2 Å². The number of carbonyl (C=O) groups excluding carboxylic acids is 1. The average Bonchev–Trinajstić information content (AvgIpc) is 2.61. The third-order valence-electron chi connectivity index (χ3n) is 5.57. The zero-order chi connectivity index (χ0) is 18.4. The number of hydrogen-bond donors (Lipinski definition) is 1. The minimum absolute atomic E-state index is 0.0229.